The van der Waals surface area contributed by atoms with Crippen molar-refractivity contribution in [1.82, 2.24) is 9.97 Å². The van der Waals surface area contributed by atoms with E-state index >= 15 is 0 Å². The standard InChI is InChI=1S/C15H20N4O/c1-5-13-17-14(19-16)11(4)15(18-13)20-12-7-6-9(2)8-10(12)3/h6-8H,5,16H2,1-4H3,(H,17,18,19). The second-order valence-electron chi connectivity index (χ2n) is 4.79. The van der Waals surface area contributed by atoms with Crippen LogP contribution < -0.4 is 16.0 Å². The molecule has 3 N–H and O–H groups in total. The molecule has 0 aliphatic rings. The second-order valence-corrected chi connectivity index (χ2v) is 4.79. The van der Waals surface area contributed by atoms with Crippen molar-refractivity contribution in [3.63, 3.8) is 0 Å². The van der Waals surface area contributed by atoms with Crippen LogP contribution in [0.5, 0.6) is 11.6 Å². The molecule has 5 heteroatoms. The third-order valence-corrected chi connectivity index (χ3v) is 3.14. The Morgan fingerprint density at radius 2 is 1.95 bits per heavy atom. The number of nitrogens with zero attached hydrogens (tertiary/aromatic N) is 2. The summed E-state index contributed by atoms with van der Waals surface area (Å²) in [5.74, 6) is 8.11. The largest absolute Gasteiger partial charge is 0.438 e. The van der Waals surface area contributed by atoms with Crippen LogP contribution in [0, 0.1) is 20.8 Å². The smallest absolute Gasteiger partial charge is 0.227 e. The lowest BCUT2D eigenvalue weighted by atomic mass is 10.1. The molecule has 1 aromatic heterocycles. The molecule has 1 heterocycles. The van der Waals surface area contributed by atoms with Gasteiger partial charge in [0.25, 0.3) is 0 Å². The van der Waals surface area contributed by atoms with Crippen molar-refractivity contribution in [1.29, 1.82) is 0 Å². The van der Waals surface area contributed by atoms with Crippen molar-refractivity contribution in [2.75, 3.05) is 5.43 Å². The van der Waals surface area contributed by atoms with Gasteiger partial charge in [-0.25, -0.2) is 10.8 Å². The summed E-state index contributed by atoms with van der Waals surface area (Å²) in [6.45, 7) is 7.94. The normalized spacial score (nSPS) is 10.4. The predicted molar refractivity (Wildman–Crippen MR) is 79.9 cm³/mol. The number of nitrogens with two attached hydrogens (primary N) is 1. The SMILES string of the molecule is CCc1nc(NN)c(C)c(Oc2ccc(C)cc2C)n1. The van der Waals surface area contributed by atoms with Crippen LogP contribution in [0.15, 0.2) is 18.2 Å². The van der Waals surface area contributed by atoms with E-state index in [4.69, 9.17) is 10.6 Å². The Morgan fingerprint density at radius 1 is 1.20 bits per heavy atom. The van der Waals surface area contributed by atoms with Gasteiger partial charge in [-0.15, -0.1) is 0 Å². The molecule has 0 aliphatic heterocycles. The minimum absolute atomic E-state index is 0.539. The van der Waals surface area contributed by atoms with Gasteiger partial charge in [-0.2, -0.15) is 4.98 Å². The van der Waals surface area contributed by atoms with E-state index in [0.717, 1.165) is 23.3 Å². The number of benzene rings is 1. The highest BCUT2D eigenvalue weighted by Crippen LogP contribution is 2.29. The predicted octanol–water partition coefficient (Wildman–Crippen LogP) is 3.04. The van der Waals surface area contributed by atoms with Crippen LogP contribution in [0.3, 0.4) is 0 Å². The third kappa shape index (κ3) is 2.88. The Morgan fingerprint density at radius 3 is 2.55 bits per heavy atom. The molecular weight excluding hydrogens is 252 g/mol. The van der Waals surface area contributed by atoms with Gasteiger partial charge in [0.1, 0.15) is 17.4 Å². The Balaban J connectivity index is 2.42. The summed E-state index contributed by atoms with van der Waals surface area (Å²) >= 11 is 0. The zero-order valence-corrected chi connectivity index (χ0v) is 12.3. The number of hydrogen-bond donors (Lipinski definition) is 2. The maximum Gasteiger partial charge on any atom is 0.227 e. The molecule has 0 fully saturated rings. The maximum atomic E-state index is 5.93. The van der Waals surface area contributed by atoms with Gasteiger partial charge < -0.3 is 10.2 Å². The molecule has 0 atom stereocenters. The minimum Gasteiger partial charge on any atom is -0.438 e. The Bertz CT molecular complexity index is 626. The van der Waals surface area contributed by atoms with Crippen molar-refractivity contribution in [3.8, 4) is 11.6 Å². The summed E-state index contributed by atoms with van der Waals surface area (Å²) in [6.07, 6.45) is 0.720. The molecule has 20 heavy (non-hydrogen) atoms. The number of aryl methyl sites for hydroxylation is 3. The van der Waals surface area contributed by atoms with Crippen molar-refractivity contribution in [2.45, 2.75) is 34.1 Å². The molecule has 0 amide bonds. The van der Waals surface area contributed by atoms with Gasteiger partial charge in [-0.1, -0.05) is 24.6 Å². The number of rotatable bonds is 4. The first-order valence-corrected chi connectivity index (χ1v) is 6.64. The van der Waals surface area contributed by atoms with E-state index in [1.165, 1.54) is 5.56 Å². The molecule has 0 saturated carbocycles. The highest BCUT2D eigenvalue weighted by molar-refractivity contribution is 5.49. The minimum atomic E-state index is 0.539. The summed E-state index contributed by atoms with van der Waals surface area (Å²) < 4.78 is 5.93. The lowest BCUT2D eigenvalue weighted by Crippen LogP contribution is -2.13. The summed E-state index contributed by atoms with van der Waals surface area (Å²) in [4.78, 5) is 8.75. The molecule has 0 aliphatic carbocycles. The molecule has 0 saturated heterocycles. The molecule has 0 bridgehead atoms. The van der Waals surface area contributed by atoms with Crippen molar-refractivity contribution in [2.24, 2.45) is 5.84 Å². The summed E-state index contributed by atoms with van der Waals surface area (Å²) in [6, 6.07) is 6.05. The third-order valence-electron chi connectivity index (χ3n) is 3.14. The average molecular weight is 272 g/mol. The first-order chi connectivity index (χ1) is 9.55. The first kappa shape index (κ1) is 14.3. The maximum absolute atomic E-state index is 5.93. The van der Waals surface area contributed by atoms with E-state index < -0.39 is 0 Å². The van der Waals surface area contributed by atoms with Crippen LogP contribution in [0.25, 0.3) is 0 Å². The van der Waals surface area contributed by atoms with E-state index in [2.05, 4.69) is 28.4 Å². The van der Waals surface area contributed by atoms with Crippen LogP contribution in [0.4, 0.5) is 5.82 Å². The molecule has 0 radical (unpaired) electrons. The first-order valence-electron chi connectivity index (χ1n) is 6.64. The van der Waals surface area contributed by atoms with E-state index in [1.54, 1.807) is 0 Å². The van der Waals surface area contributed by atoms with Gasteiger partial charge in [0.2, 0.25) is 5.88 Å². The van der Waals surface area contributed by atoms with E-state index in [0.29, 0.717) is 17.5 Å². The van der Waals surface area contributed by atoms with Crippen molar-refractivity contribution < 1.29 is 4.74 Å². The van der Waals surface area contributed by atoms with Crippen molar-refractivity contribution >= 4 is 5.82 Å². The van der Waals surface area contributed by atoms with Crippen LogP contribution >= 0.6 is 0 Å². The van der Waals surface area contributed by atoms with Crippen molar-refractivity contribution in [3.05, 3.63) is 40.7 Å². The molecule has 1 aromatic carbocycles. The Kier molecular flexibility index (Phi) is 4.20. The molecule has 0 spiro atoms. The lowest BCUT2D eigenvalue weighted by molar-refractivity contribution is 0.451. The number of aromatic nitrogens is 2. The number of nitrogen functional groups attached to an aromatic ring is 1. The van der Waals surface area contributed by atoms with Gasteiger partial charge in [-0.3, -0.25) is 0 Å². The van der Waals surface area contributed by atoms with Gasteiger partial charge in [-0.05, 0) is 32.4 Å². The highest BCUT2D eigenvalue weighted by Gasteiger charge is 2.12. The molecule has 5 nitrogen and oxygen atoms in total. The van der Waals surface area contributed by atoms with Crippen LogP contribution in [0.2, 0.25) is 0 Å². The topological polar surface area (TPSA) is 73.1 Å². The zero-order chi connectivity index (χ0) is 14.7. The number of nitrogens with one attached hydrogen (secondary N) is 1. The fraction of sp³-hybridized carbons (Fsp3) is 0.333. The fourth-order valence-corrected chi connectivity index (χ4v) is 1.96. The van der Waals surface area contributed by atoms with E-state index in [1.807, 2.05) is 32.9 Å². The lowest BCUT2D eigenvalue weighted by Gasteiger charge is -2.13. The van der Waals surface area contributed by atoms with Crippen LogP contribution in [0.1, 0.15) is 29.4 Å². The number of hydrogen-bond acceptors (Lipinski definition) is 5. The number of hydrazine groups is 1. The summed E-state index contributed by atoms with van der Waals surface area (Å²) in [5.41, 5.74) is 5.66. The zero-order valence-electron chi connectivity index (χ0n) is 12.3. The summed E-state index contributed by atoms with van der Waals surface area (Å²) in [7, 11) is 0. The van der Waals surface area contributed by atoms with Gasteiger partial charge in [0, 0.05) is 6.42 Å². The average Bonchev–Trinajstić information content (AvgIpc) is 2.43. The second kappa shape index (κ2) is 5.88. The molecular formula is C15H20N4O. The van der Waals surface area contributed by atoms with Gasteiger partial charge >= 0.3 is 0 Å². The Hall–Kier alpha value is -2.14. The monoisotopic (exact) mass is 272 g/mol. The van der Waals surface area contributed by atoms with E-state index in [9.17, 15) is 0 Å². The number of ether oxygens (including phenoxy) is 1. The highest BCUT2D eigenvalue weighted by atomic mass is 16.5. The van der Waals surface area contributed by atoms with Gasteiger partial charge in [0.05, 0.1) is 5.56 Å². The fourth-order valence-electron chi connectivity index (χ4n) is 1.96. The quantitative estimate of drug-likeness (QED) is 0.661. The van der Waals surface area contributed by atoms with E-state index in [-0.39, 0.29) is 0 Å². The molecule has 2 rings (SSSR count). The van der Waals surface area contributed by atoms with Gasteiger partial charge in [0.15, 0.2) is 0 Å². The van der Waals surface area contributed by atoms with Crippen LogP contribution in [-0.4, -0.2) is 9.97 Å². The molecule has 2 aromatic rings. The molecule has 106 valence electrons. The Labute approximate surface area is 119 Å². The molecule has 0 unspecified atom stereocenters. The summed E-state index contributed by atoms with van der Waals surface area (Å²) in [5, 5.41) is 0. The number of anilines is 1. The van der Waals surface area contributed by atoms with Crippen LogP contribution in [-0.2, 0) is 6.42 Å².